The molecule has 0 aliphatic heterocycles. The SMILES string of the molecule is COC(=O)C[C@H]1CCCC=C1NNc1ccc(S(N)(=O)=O)cc1. The van der Waals surface area contributed by atoms with Crippen molar-refractivity contribution in [2.24, 2.45) is 11.1 Å². The maximum atomic E-state index is 11.5. The zero-order chi connectivity index (χ0) is 16.9. The standard InChI is InChI=1S/C15H21N3O4S/c1-22-15(19)10-11-4-2-3-5-14(11)18-17-12-6-8-13(9-7-12)23(16,20)21/h5-9,11,17-18H,2-4,10H2,1H3,(H2,16,20,21)/t11-/m1/s1. The van der Waals surface area contributed by atoms with Crippen LogP contribution in [0, 0.1) is 5.92 Å². The van der Waals surface area contributed by atoms with Gasteiger partial charge in [0.2, 0.25) is 10.0 Å². The Balaban J connectivity index is 1.98. The van der Waals surface area contributed by atoms with E-state index in [1.165, 1.54) is 19.2 Å². The molecular weight excluding hydrogens is 318 g/mol. The molecule has 0 aromatic heterocycles. The largest absolute Gasteiger partial charge is 0.469 e. The highest BCUT2D eigenvalue weighted by atomic mass is 32.2. The van der Waals surface area contributed by atoms with Crippen molar-refractivity contribution in [3.05, 3.63) is 36.0 Å². The Bertz CT molecular complexity index is 683. The summed E-state index contributed by atoms with van der Waals surface area (Å²) in [5.74, 6) is -0.144. The van der Waals surface area contributed by atoms with Gasteiger partial charge in [-0.3, -0.25) is 4.79 Å². The van der Waals surface area contributed by atoms with E-state index in [0.29, 0.717) is 12.1 Å². The highest BCUT2D eigenvalue weighted by Crippen LogP contribution is 2.26. The number of hydrogen-bond acceptors (Lipinski definition) is 6. The highest BCUT2D eigenvalue weighted by Gasteiger charge is 2.21. The van der Waals surface area contributed by atoms with Crippen LogP contribution in [0.4, 0.5) is 5.69 Å². The van der Waals surface area contributed by atoms with Gasteiger partial charge in [0, 0.05) is 11.6 Å². The van der Waals surface area contributed by atoms with E-state index in [2.05, 4.69) is 16.9 Å². The van der Waals surface area contributed by atoms with Crippen molar-refractivity contribution in [3.63, 3.8) is 0 Å². The number of nitrogens with two attached hydrogens (primary N) is 1. The lowest BCUT2D eigenvalue weighted by Crippen LogP contribution is -2.29. The topological polar surface area (TPSA) is 111 Å². The van der Waals surface area contributed by atoms with Crippen molar-refractivity contribution in [3.8, 4) is 0 Å². The van der Waals surface area contributed by atoms with Crippen molar-refractivity contribution >= 4 is 21.7 Å². The van der Waals surface area contributed by atoms with E-state index < -0.39 is 10.0 Å². The molecule has 0 amide bonds. The summed E-state index contributed by atoms with van der Waals surface area (Å²) < 4.78 is 27.2. The number of rotatable bonds is 6. The monoisotopic (exact) mass is 339 g/mol. The third kappa shape index (κ3) is 4.97. The Morgan fingerprint density at radius 2 is 2.00 bits per heavy atom. The van der Waals surface area contributed by atoms with Gasteiger partial charge in [0.05, 0.1) is 24.1 Å². The molecule has 0 bridgehead atoms. The van der Waals surface area contributed by atoms with Gasteiger partial charge in [-0.1, -0.05) is 6.08 Å². The Morgan fingerprint density at radius 1 is 1.30 bits per heavy atom. The summed E-state index contributed by atoms with van der Waals surface area (Å²) in [6.45, 7) is 0. The summed E-state index contributed by atoms with van der Waals surface area (Å²) in [6, 6.07) is 6.10. The number of nitrogens with one attached hydrogen (secondary N) is 2. The minimum Gasteiger partial charge on any atom is -0.469 e. The van der Waals surface area contributed by atoms with Gasteiger partial charge in [0.1, 0.15) is 0 Å². The molecule has 4 N–H and O–H groups in total. The first kappa shape index (κ1) is 17.3. The van der Waals surface area contributed by atoms with Crippen LogP contribution in [0.25, 0.3) is 0 Å². The number of primary sulfonamides is 1. The van der Waals surface area contributed by atoms with Gasteiger partial charge in [-0.05, 0) is 43.5 Å². The van der Waals surface area contributed by atoms with Gasteiger partial charge < -0.3 is 15.6 Å². The van der Waals surface area contributed by atoms with Gasteiger partial charge in [0.15, 0.2) is 0 Å². The number of anilines is 1. The number of hydrazine groups is 1. The Hall–Kier alpha value is -2.06. The van der Waals surface area contributed by atoms with Crippen LogP contribution < -0.4 is 16.0 Å². The molecule has 2 rings (SSSR count). The van der Waals surface area contributed by atoms with Crippen molar-refractivity contribution in [1.82, 2.24) is 5.43 Å². The molecule has 1 atom stereocenters. The van der Waals surface area contributed by atoms with Crippen LogP contribution in [0.1, 0.15) is 25.7 Å². The number of sulfonamides is 1. The maximum absolute atomic E-state index is 11.5. The molecule has 23 heavy (non-hydrogen) atoms. The molecule has 0 unspecified atom stereocenters. The van der Waals surface area contributed by atoms with E-state index >= 15 is 0 Å². The predicted molar refractivity (Wildman–Crippen MR) is 86.6 cm³/mol. The van der Waals surface area contributed by atoms with E-state index in [-0.39, 0.29) is 16.8 Å². The Kier molecular flexibility index (Phi) is 5.62. The molecule has 0 fully saturated rings. The van der Waals surface area contributed by atoms with Crippen molar-refractivity contribution in [2.45, 2.75) is 30.6 Å². The Morgan fingerprint density at radius 3 is 2.61 bits per heavy atom. The summed E-state index contributed by atoms with van der Waals surface area (Å²) in [7, 11) is -2.31. The quantitative estimate of drug-likeness (QED) is 0.535. The van der Waals surface area contributed by atoms with E-state index in [0.717, 1.165) is 25.0 Å². The second-order valence-corrected chi connectivity index (χ2v) is 6.95. The molecule has 8 heteroatoms. The molecule has 1 aliphatic rings. The number of allylic oxidation sites excluding steroid dienone is 2. The predicted octanol–water partition coefficient (Wildman–Crippen LogP) is 1.50. The zero-order valence-electron chi connectivity index (χ0n) is 12.9. The van der Waals surface area contributed by atoms with Crippen LogP contribution in [0.15, 0.2) is 40.9 Å². The molecule has 126 valence electrons. The number of esters is 1. The minimum atomic E-state index is -3.69. The fourth-order valence-corrected chi connectivity index (χ4v) is 2.98. The third-order valence-electron chi connectivity index (χ3n) is 3.74. The van der Waals surface area contributed by atoms with Gasteiger partial charge in [-0.2, -0.15) is 0 Å². The maximum Gasteiger partial charge on any atom is 0.306 e. The number of carbonyl (C=O) groups is 1. The van der Waals surface area contributed by atoms with Crippen LogP contribution >= 0.6 is 0 Å². The smallest absolute Gasteiger partial charge is 0.306 e. The first-order chi connectivity index (χ1) is 10.9. The lowest BCUT2D eigenvalue weighted by molar-refractivity contribution is -0.141. The van der Waals surface area contributed by atoms with Crippen molar-refractivity contribution in [2.75, 3.05) is 12.5 Å². The summed E-state index contributed by atoms with van der Waals surface area (Å²) in [6.07, 6.45) is 5.30. The van der Waals surface area contributed by atoms with Crippen molar-refractivity contribution in [1.29, 1.82) is 0 Å². The molecular formula is C15H21N3O4S. The first-order valence-electron chi connectivity index (χ1n) is 7.32. The van der Waals surface area contributed by atoms with Crippen LogP contribution in [0.5, 0.6) is 0 Å². The fraction of sp³-hybridized carbons (Fsp3) is 0.400. The molecule has 0 spiro atoms. The molecule has 0 radical (unpaired) electrons. The number of ether oxygens (including phenoxy) is 1. The van der Waals surface area contributed by atoms with Crippen molar-refractivity contribution < 1.29 is 17.9 Å². The zero-order valence-corrected chi connectivity index (χ0v) is 13.7. The molecule has 1 aromatic carbocycles. The number of methoxy groups -OCH3 is 1. The molecule has 1 aliphatic carbocycles. The van der Waals surface area contributed by atoms with Gasteiger partial charge in [-0.25, -0.2) is 13.6 Å². The van der Waals surface area contributed by atoms with Crippen LogP contribution in [-0.2, 0) is 19.6 Å². The molecule has 7 nitrogen and oxygen atoms in total. The lowest BCUT2D eigenvalue weighted by Gasteiger charge is -2.25. The first-order valence-corrected chi connectivity index (χ1v) is 8.86. The lowest BCUT2D eigenvalue weighted by atomic mass is 9.90. The highest BCUT2D eigenvalue weighted by molar-refractivity contribution is 7.89. The number of carbonyl (C=O) groups excluding carboxylic acids is 1. The number of hydrogen-bond donors (Lipinski definition) is 3. The van der Waals surface area contributed by atoms with Gasteiger partial charge in [-0.15, -0.1) is 0 Å². The molecule has 0 saturated carbocycles. The summed E-state index contributed by atoms with van der Waals surface area (Å²) in [5, 5.41) is 5.06. The minimum absolute atomic E-state index is 0.0588. The normalized spacial score (nSPS) is 18.0. The fourth-order valence-electron chi connectivity index (χ4n) is 2.47. The average Bonchev–Trinajstić information content (AvgIpc) is 2.53. The average molecular weight is 339 g/mol. The second kappa shape index (κ2) is 7.47. The number of benzene rings is 1. The summed E-state index contributed by atoms with van der Waals surface area (Å²) in [5.41, 5.74) is 7.74. The van der Waals surface area contributed by atoms with Crippen LogP contribution in [0.3, 0.4) is 0 Å². The summed E-state index contributed by atoms with van der Waals surface area (Å²) >= 11 is 0. The third-order valence-corrected chi connectivity index (χ3v) is 4.66. The van der Waals surface area contributed by atoms with Crippen LogP contribution in [-0.4, -0.2) is 21.5 Å². The van der Waals surface area contributed by atoms with E-state index in [4.69, 9.17) is 9.88 Å². The van der Waals surface area contributed by atoms with Crippen LogP contribution in [0.2, 0.25) is 0 Å². The van der Waals surface area contributed by atoms with Gasteiger partial charge >= 0.3 is 5.97 Å². The molecule has 0 saturated heterocycles. The van der Waals surface area contributed by atoms with E-state index in [1.54, 1.807) is 12.1 Å². The second-order valence-electron chi connectivity index (χ2n) is 5.39. The van der Waals surface area contributed by atoms with E-state index in [1.807, 2.05) is 0 Å². The molecule has 1 aromatic rings. The Labute approximate surface area is 135 Å². The van der Waals surface area contributed by atoms with E-state index in [9.17, 15) is 13.2 Å². The summed E-state index contributed by atoms with van der Waals surface area (Å²) in [4.78, 5) is 11.5. The van der Waals surface area contributed by atoms with Gasteiger partial charge in [0.25, 0.3) is 0 Å². The molecule has 0 heterocycles.